The normalized spacial score (nSPS) is 36.2. The van der Waals surface area contributed by atoms with Gasteiger partial charge in [0.15, 0.2) is 0 Å². The fourth-order valence-electron chi connectivity index (χ4n) is 3.73. The van der Waals surface area contributed by atoms with E-state index in [0.29, 0.717) is 17.3 Å². The molecule has 3 atom stereocenters. The highest BCUT2D eigenvalue weighted by Crippen LogP contribution is 2.50. The van der Waals surface area contributed by atoms with Crippen molar-refractivity contribution in [3.63, 3.8) is 0 Å². The van der Waals surface area contributed by atoms with Crippen LogP contribution in [0.25, 0.3) is 0 Å². The van der Waals surface area contributed by atoms with Gasteiger partial charge in [0.1, 0.15) is 0 Å². The van der Waals surface area contributed by atoms with Crippen LogP contribution < -0.4 is 0 Å². The van der Waals surface area contributed by atoms with Crippen LogP contribution in [0.15, 0.2) is 23.8 Å². The molecule has 0 saturated heterocycles. The second-order valence-electron chi connectivity index (χ2n) is 6.51. The van der Waals surface area contributed by atoms with Crippen LogP contribution in [-0.2, 0) is 4.79 Å². The van der Waals surface area contributed by atoms with Crippen molar-refractivity contribution in [1.82, 2.24) is 0 Å². The highest BCUT2D eigenvalue weighted by atomic mass is 16.4. The summed E-state index contributed by atoms with van der Waals surface area (Å²) in [7, 11) is 0. The van der Waals surface area contributed by atoms with Crippen LogP contribution in [-0.4, -0.2) is 11.1 Å². The summed E-state index contributed by atoms with van der Waals surface area (Å²) in [4.78, 5) is 10.9. The number of allylic oxidation sites excluding steroid dienone is 4. The first kappa shape index (κ1) is 13.4. The molecule has 0 aromatic rings. The smallest absolute Gasteiger partial charge is 0.303 e. The topological polar surface area (TPSA) is 37.3 Å². The number of carbonyl (C=O) groups is 1. The molecule has 2 rings (SSSR count). The van der Waals surface area contributed by atoms with Gasteiger partial charge in [-0.3, -0.25) is 4.79 Å². The van der Waals surface area contributed by atoms with E-state index in [1.54, 1.807) is 0 Å². The molecule has 2 aliphatic rings. The molecular weight excluding hydrogens is 224 g/mol. The summed E-state index contributed by atoms with van der Waals surface area (Å²) < 4.78 is 0. The molecule has 0 aromatic heterocycles. The van der Waals surface area contributed by atoms with Crippen LogP contribution in [0.5, 0.6) is 0 Å². The standard InChI is InChI=1S/C16H24O2/c1-11-7-8-13-6-4-5-12(10-15(17)18)9-14(11)16(13,2)3/h4-5,7,12-14H,6,8-10H2,1-3H3,(H,17,18)/b5-4-/t12-,13+,14+/m0/s1. The Morgan fingerprint density at radius 3 is 2.83 bits per heavy atom. The summed E-state index contributed by atoms with van der Waals surface area (Å²) in [5.41, 5.74) is 1.75. The van der Waals surface area contributed by atoms with Crippen molar-refractivity contribution in [3.05, 3.63) is 23.8 Å². The summed E-state index contributed by atoms with van der Waals surface area (Å²) in [5.74, 6) is 0.741. The molecule has 100 valence electrons. The third kappa shape index (κ3) is 2.52. The lowest BCUT2D eigenvalue weighted by Gasteiger charge is -2.46. The molecule has 2 aliphatic carbocycles. The average molecular weight is 248 g/mol. The predicted octanol–water partition coefficient (Wildman–Crippen LogP) is 4.04. The number of carboxylic acid groups (broad SMARTS) is 1. The lowest BCUT2D eigenvalue weighted by molar-refractivity contribution is -0.137. The SMILES string of the molecule is CC1=CC[C@H]2C/C=C\[C@H](CC(=O)O)C[C@H]1C2(C)C. The van der Waals surface area contributed by atoms with Gasteiger partial charge in [0.2, 0.25) is 0 Å². The van der Waals surface area contributed by atoms with Gasteiger partial charge in [-0.1, -0.05) is 37.6 Å². The number of fused-ring (bicyclic) bond motifs is 2. The fraction of sp³-hybridized carbons (Fsp3) is 0.688. The van der Waals surface area contributed by atoms with Gasteiger partial charge in [-0.15, -0.1) is 0 Å². The Bertz CT molecular complexity index is 390. The van der Waals surface area contributed by atoms with Crippen molar-refractivity contribution >= 4 is 5.97 Å². The van der Waals surface area contributed by atoms with E-state index in [2.05, 4.69) is 39.0 Å². The minimum absolute atomic E-state index is 0.189. The number of aliphatic carboxylic acids is 1. The first-order chi connectivity index (χ1) is 8.41. The molecule has 1 N–H and O–H groups in total. The molecule has 18 heavy (non-hydrogen) atoms. The molecule has 0 radical (unpaired) electrons. The maximum absolute atomic E-state index is 10.9. The molecule has 0 saturated carbocycles. The molecular formula is C16H24O2. The van der Waals surface area contributed by atoms with Crippen molar-refractivity contribution in [1.29, 1.82) is 0 Å². The van der Waals surface area contributed by atoms with E-state index in [1.165, 1.54) is 12.0 Å². The Morgan fingerprint density at radius 2 is 2.17 bits per heavy atom. The lowest BCUT2D eigenvalue weighted by atomic mass is 9.58. The Morgan fingerprint density at radius 1 is 1.44 bits per heavy atom. The van der Waals surface area contributed by atoms with Crippen LogP contribution in [0.4, 0.5) is 0 Å². The number of hydrogen-bond donors (Lipinski definition) is 1. The third-order valence-electron chi connectivity index (χ3n) is 5.03. The van der Waals surface area contributed by atoms with E-state index in [1.807, 2.05) is 0 Å². The van der Waals surface area contributed by atoms with Crippen LogP contribution in [0.3, 0.4) is 0 Å². The Hall–Kier alpha value is -1.05. The highest BCUT2D eigenvalue weighted by Gasteiger charge is 2.41. The van der Waals surface area contributed by atoms with Crippen LogP contribution >= 0.6 is 0 Å². The van der Waals surface area contributed by atoms with Crippen molar-refractivity contribution in [2.45, 2.75) is 46.5 Å². The molecule has 2 nitrogen and oxygen atoms in total. The molecule has 0 fully saturated rings. The average Bonchev–Trinajstić information content (AvgIpc) is 2.25. The van der Waals surface area contributed by atoms with Gasteiger partial charge in [-0.05, 0) is 49.4 Å². The highest BCUT2D eigenvalue weighted by molar-refractivity contribution is 5.67. The maximum Gasteiger partial charge on any atom is 0.303 e. The number of rotatable bonds is 2. The second-order valence-corrected chi connectivity index (χ2v) is 6.51. The van der Waals surface area contributed by atoms with E-state index >= 15 is 0 Å². The van der Waals surface area contributed by atoms with E-state index in [0.717, 1.165) is 12.8 Å². The Labute approximate surface area is 110 Å². The third-order valence-corrected chi connectivity index (χ3v) is 5.03. The molecule has 0 unspecified atom stereocenters. The Kier molecular flexibility index (Phi) is 3.65. The fourth-order valence-corrected chi connectivity index (χ4v) is 3.73. The van der Waals surface area contributed by atoms with Gasteiger partial charge in [-0.25, -0.2) is 0 Å². The molecule has 0 spiro atoms. The lowest BCUT2D eigenvalue weighted by Crippen LogP contribution is -2.38. The van der Waals surface area contributed by atoms with Crippen molar-refractivity contribution in [2.24, 2.45) is 23.2 Å². The van der Waals surface area contributed by atoms with Crippen molar-refractivity contribution < 1.29 is 9.90 Å². The van der Waals surface area contributed by atoms with Gasteiger partial charge in [0.05, 0.1) is 6.42 Å². The molecule has 0 aromatic carbocycles. The van der Waals surface area contributed by atoms with Crippen molar-refractivity contribution in [2.75, 3.05) is 0 Å². The Balaban J connectivity index is 2.26. The molecule has 0 aliphatic heterocycles. The van der Waals surface area contributed by atoms with E-state index in [9.17, 15) is 4.79 Å². The van der Waals surface area contributed by atoms with Gasteiger partial charge in [0, 0.05) is 0 Å². The van der Waals surface area contributed by atoms with Gasteiger partial charge >= 0.3 is 5.97 Å². The van der Waals surface area contributed by atoms with Gasteiger partial charge < -0.3 is 5.11 Å². The van der Waals surface area contributed by atoms with Gasteiger partial charge in [0.25, 0.3) is 0 Å². The molecule has 0 amide bonds. The second kappa shape index (κ2) is 4.91. The van der Waals surface area contributed by atoms with Crippen LogP contribution in [0.1, 0.15) is 46.5 Å². The quantitative estimate of drug-likeness (QED) is 0.749. The summed E-state index contributed by atoms with van der Waals surface area (Å²) in [6.07, 6.45) is 10.2. The molecule has 2 heteroatoms. The monoisotopic (exact) mass is 248 g/mol. The van der Waals surface area contributed by atoms with E-state index in [-0.39, 0.29) is 12.3 Å². The first-order valence-corrected chi connectivity index (χ1v) is 6.96. The van der Waals surface area contributed by atoms with Crippen LogP contribution in [0, 0.1) is 23.2 Å². The van der Waals surface area contributed by atoms with E-state index < -0.39 is 5.97 Å². The number of carboxylic acids is 1. The first-order valence-electron chi connectivity index (χ1n) is 6.96. The predicted molar refractivity (Wildman–Crippen MR) is 73.3 cm³/mol. The molecule has 0 heterocycles. The van der Waals surface area contributed by atoms with Crippen LogP contribution in [0.2, 0.25) is 0 Å². The summed E-state index contributed by atoms with van der Waals surface area (Å²) in [5, 5.41) is 9.00. The van der Waals surface area contributed by atoms with Gasteiger partial charge in [-0.2, -0.15) is 0 Å². The summed E-state index contributed by atoms with van der Waals surface area (Å²) in [6, 6.07) is 0. The largest absolute Gasteiger partial charge is 0.481 e. The number of hydrogen-bond acceptors (Lipinski definition) is 1. The minimum atomic E-state index is -0.683. The summed E-state index contributed by atoms with van der Waals surface area (Å²) in [6.45, 7) is 6.93. The zero-order valence-corrected chi connectivity index (χ0v) is 11.6. The zero-order chi connectivity index (χ0) is 13.3. The van der Waals surface area contributed by atoms with E-state index in [4.69, 9.17) is 5.11 Å². The molecule has 2 bridgehead atoms. The van der Waals surface area contributed by atoms with Crippen molar-refractivity contribution in [3.8, 4) is 0 Å². The zero-order valence-electron chi connectivity index (χ0n) is 11.6. The maximum atomic E-state index is 10.9. The minimum Gasteiger partial charge on any atom is -0.481 e. The summed E-state index contributed by atoms with van der Waals surface area (Å²) >= 11 is 0.